The van der Waals surface area contributed by atoms with E-state index in [1.165, 1.54) is 5.56 Å². The number of carbonyl (C=O) groups is 1. The second kappa shape index (κ2) is 9.18. The number of ether oxygens (including phenoxy) is 1. The molecule has 0 spiro atoms. The van der Waals surface area contributed by atoms with Gasteiger partial charge in [-0.1, -0.05) is 42.5 Å². The van der Waals surface area contributed by atoms with E-state index in [0.29, 0.717) is 24.4 Å². The van der Waals surface area contributed by atoms with Crippen LogP contribution in [-0.4, -0.2) is 22.5 Å². The highest BCUT2D eigenvalue weighted by molar-refractivity contribution is 5.96. The van der Waals surface area contributed by atoms with Crippen molar-refractivity contribution in [1.29, 1.82) is 0 Å². The van der Waals surface area contributed by atoms with Crippen LogP contribution in [0.25, 0.3) is 0 Å². The molecule has 0 N–H and O–H groups in total. The Morgan fingerprint density at radius 3 is 2.50 bits per heavy atom. The van der Waals surface area contributed by atoms with E-state index >= 15 is 0 Å². The molecule has 0 fully saturated rings. The molecule has 0 saturated heterocycles. The predicted octanol–water partition coefficient (Wildman–Crippen LogP) is 4.98. The summed E-state index contributed by atoms with van der Waals surface area (Å²) in [6, 6.07) is 25.4. The van der Waals surface area contributed by atoms with Crippen molar-refractivity contribution in [2.75, 3.05) is 7.11 Å². The van der Waals surface area contributed by atoms with Gasteiger partial charge >= 0.3 is 0 Å². The quantitative estimate of drug-likeness (QED) is 0.419. The van der Waals surface area contributed by atoms with Gasteiger partial charge in [0.05, 0.1) is 32.0 Å². The van der Waals surface area contributed by atoms with E-state index in [9.17, 15) is 4.79 Å². The fourth-order valence-corrected chi connectivity index (χ4v) is 3.50. The van der Waals surface area contributed by atoms with Crippen molar-refractivity contribution < 1.29 is 13.9 Å². The molecule has 2 aromatic heterocycles. The third-order valence-corrected chi connectivity index (χ3v) is 5.02. The monoisotopic (exact) mass is 400 g/mol. The molecule has 0 saturated carbocycles. The minimum Gasteiger partial charge on any atom is -0.496 e. The summed E-state index contributed by atoms with van der Waals surface area (Å²) < 4.78 is 13.1. The average molecular weight is 400 g/mol. The van der Waals surface area contributed by atoms with Gasteiger partial charge in [-0.25, -0.2) is 0 Å². The Kier molecular flexibility index (Phi) is 5.99. The molecule has 1 amide bonds. The number of hydrogen-bond donors (Lipinski definition) is 0. The highest BCUT2D eigenvalue weighted by Crippen LogP contribution is 2.22. The smallest absolute Gasteiger partial charge is 0.258 e. The molecular formula is C25H24N2O3. The van der Waals surface area contributed by atoms with E-state index in [-0.39, 0.29) is 5.91 Å². The Bertz CT molecular complexity index is 1080. The zero-order valence-electron chi connectivity index (χ0n) is 16.9. The van der Waals surface area contributed by atoms with E-state index < -0.39 is 0 Å². The largest absolute Gasteiger partial charge is 0.496 e. The molecule has 2 heterocycles. The predicted molar refractivity (Wildman–Crippen MR) is 115 cm³/mol. The summed E-state index contributed by atoms with van der Waals surface area (Å²) in [5.74, 6) is 1.20. The third-order valence-electron chi connectivity index (χ3n) is 5.02. The second-order valence-electron chi connectivity index (χ2n) is 7.05. The normalized spacial score (nSPS) is 10.7. The minimum absolute atomic E-state index is 0.101. The molecule has 0 aliphatic rings. The summed E-state index contributed by atoms with van der Waals surface area (Å²) in [7, 11) is 1.58. The van der Waals surface area contributed by atoms with Crippen LogP contribution >= 0.6 is 0 Å². The number of rotatable bonds is 8. The lowest BCUT2D eigenvalue weighted by Crippen LogP contribution is -2.31. The molecule has 4 rings (SSSR count). The number of benzene rings is 2. The Labute approximate surface area is 176 Å². The van der Waals surface area contributed by atoms with E-state index in [2.05, 4.69) is 16.7 Å². The van der Waals surface area contributed by atoms with Gasteiger partial charge < -0.3 is 18.6 Å². The maximum absolute atomic E-state index is 13.4. The Hall–Kier alpha value is -3.73. The van der Waals surface area contributed by atoms with E-state index in [4.69, 9.17) is 9.15 Å². The molecule has 5 heteroatoms. The molecule has 0 bridgehead atoms. The molecular weight excluding hydrogens is 376 g/mol. The molecule has 0 atom stereocenters. The number of para-hydroxylation sites is 1. The first-order chi connectivity index (χ1) is 14.7. The molecule has 152 valence electrons. The SMILES string of the molecule is COc1ccccc1C(=O)N(Cc1ccco1)Cc1cccn1Cc1ccccc1. The second-order valence-corrected chi connectivity index (χ2v) is 7.05. The van der Waals surface area contributed by atoms with E-state index in [1.807, 2.05) is 60.8 Å². The van der Waals surface area contributed by atoms with Crippen LogP contribution in [0.15, 0.2) is 95.7 Å². The van der Waals surface area contributed by atoms with Crippen molar-refractivity contribution in [3.63, 3.8) is 0 Å². The Morgan fingerprint density at radius 2 is 1.73 bits per heavy atom. The lowest BCUT2D eigenvalue weighted by atomic mass is 10.1. The molecule has 0 unspecified atom stereocenters. The molecule has 30 heavy (non-hydrogen) atoms. The van der Waals surface area contributed by atoms with Crippen LogP contribution in [0.1, 0.15) is 27.4 Å². The first-order valence-electron chi connectivity index (χ1n) is 9.87. The van der Waals surface area contributed by atoms with Crippen molar-refractivity contribution in [1.82, 2.24) is 9.47 Å². The summed E-state index contributed by atoms with van der Waals surface area (Å²) >= 11 is 0. The number of methoxy groups -OCH3 is 1. The first-order valence-corrected chi connectivity index (χ1v) is 9.87. The van der Waals surface area contributed by atoms with Gasteiger partial charge in [0.1, 0.15) is 11.5 Å². The fourth-order valence-electron chi connectivity index (χ4n) is 3.50. The van der Waals surface area contributed by atoms with Crippen LogP contribution in [0.3, 0.4) is 0 Å². The Balaban J connectivity index is 1.61. The molecule has 0 aliphatic carbocycles. The van der Waals surface area contributed by atoms with Crippen LogP contribution in [0, 0.1) is 0 Å². The highest BCUT2D eigenvalue weighted by Gasteiger charge is 2.22. The topological polar surface area (TPSA) is 47.6 Å². The zero-order chi connectivity index (χ0) is 20.8. The maximum atomic E-state index is 13.4. The van der Waals surface area contributed by atoms with Gasteiger partial charge in [0.15, 0.2) is 0 Å². The van der Waals surface area contributed by atoms with E-state index in [0.717, 1.165) is 18.0 Å². The van der Waals surface area contributed by atoms with Crippen molar-refractivity contribution in [3.05, 3.63) is 114 Å². The number of aromatic nitrogens is 1. The molecule has 4 aromatic rings. The van der Waals surface area contributed by atoms with E-state index in [1.54, 1.807) is 30.4 Å². The van der Waals surface area contributed by atoms with Crippen molar-refractivity contribution >= 4 is 5.91 Å². The third kappa shape index (κ3) is 4.46. The number of nitrogens with zero attached hydrogens (tertiary/aromatic N) is 2. The molecule has 2 aromatic carbocycles. The summed E-state index contributed by atoms with van der Waals surface area (Å²) in [6.07, 6.45) is 3.67. The number of amides is 1. The van der Waals surface area contributed by atoms with Gasteiger partial charge in [-0.15, -0.1) is 0 Å². The fraction of sp³-hybridized carbons (Fsp3) is 0.160. The van der Waals surface area contributed by atoms with Crippen LogP contribution in [-0.2, 0) is 19.6 Å². The standard InChI is InChI=1S/C25H24N2O3/c1-29-24-14-6-5-13-23(24)25(28)27(19-22-12-8-16-30-22)18-21-11-7-15-26(21)17-20-9-3-2-4-10-20/h2-16H,17-19H2,1H3. The van der Waals surface area contributed by atoms with Gasteiger partial charge in [-0.05, 0) is 42.0 Å². The summed E-state index contributed by atoms with van der Waals surface area (Å²) in [6.45, 7) is 1.58. The molecule has 5 nitrogen and oxygen atoms in total. The molecule has 0 radical (unpaired) electrons. The van der Waals surface area contributed by atoms with Gasteiger partial charge in [0.25, 0.3) is 5.91 Å². The Morgan fingerprint density at radius 1 is 0.933 bits per heavy atom. The first kappa shape index (κ1) is 19.6. The van der Waals surface area contributed by atoms with Crippen molar-refractivity contribution in [2.45, 2.75) is 19.6 Å². The van der Waals surface area contributed by atoms with Gasteiger partial charge in [-0.3, -0.25) is 4.79 Å². The highest BCUT2D eigenvalue weighted by atomic mass is 16.5. The van der Waals surface area contributed by atoms with Crippen molar-refractivity contribution in [2.24, 2.45) is 0 Å². The zero-order valence-corrected chi connectivity index (χ0v) is 16.9. The molecule has 0 aliphatic heterocycles. The number of furan rings is 1. The van der Waals surface area contributed by atoms with Gasteiger partial charge in [-0.2, -0.15) is 0 Å². The van der Waals surface area contributed by atoms with Gasteiger partial charge in [0.2, 0.25) is 0 Å². The van der Waals surface area contributed by atoms with Crippen LogP contribution in [0.4, 0.5) is 0 Å². The van der Waals surface area contributed by atoms with Gasteiger partial charge in [0, 0.05) is 18.4 Å². The average Bonchev–Trinajstić information content (AvgIpc) is 3.46. The summed E-state index contributed by atoms with van der Waals surface area (Å²) in [5, 5.41) is 0. The van der Waals surface area contributed by atoms with Crippen molar-refractivity contribution in [3.8, 4) is 5.75 Å². The summed E-state index contributed by atoms with van der Waals surface area (Å²) in [4.78, 5) is 15.2. The lowest BCUT2D eigenvalue weighted by molar-refractivity contribution is 0.0710. The minimum atomic E-state index is -0.101. The summed E-state index contributed by atoms with van der Waals surface area (Å²) in [5.41, 5.74) is 2.80. The lowest BCUT2D eigenvalue weighted by Gasteiger charge is -2.24. The number of carbonyl (C=O) groups excluding carboxylic acids is 1. The maximum Gasteiger partial charge on any atom is 0.258 e. The van der Waals surface area contributed by atoms with Crippen LogP contribution < -0.4 is 4.74 Å². The van der Waals surface area contributed by atoms with Crippen LogP contribution in [0.5, 0.6) is 5.75 Å². The number of hydrogen-bond acceptors (Lipinski definition) is 3. The van der Waals surface area contributed by atoms with Crippen LogP contribution in [0.2, 0.25) is 0 Å².